The van der Waals surface area contributed by atoms with Crippen LogP contribution in [0.4, 0.5) is 18.9 Å². The summed E-state index contributed by atoms with van der Waals surface area (Å²) in [5, 5.41) is 2.90. The number of aromatic nitrogens is 2. The summed E-state index contributed by atoms with van der Waals surface area (Å²) in [7, 11) is 0. The molecule has 0 saturated heterocycles. The predicted octanol–water partition coefficient (Wildman–Crippen LogP) is 4.04. The minimum absolute atomic E-state index is 0.188. The lowest BCUT2D eigenvalue weighted by Crippen LogP contribution is -2.05. The van der Waals surface area contributed by atoms with Gasteiger partial charge in [0.25, 0.3) is 0 Å². The smallest absolute Gasteiger partial charge is 0.194 e. The van der Waals surface area contributed by atoms with Crippen molar-refractivity contribution in [1.82, 2.24) is 9.38 Å². The van der Waals surface area contributed by atoms with Crippen molar-refractivity contribution in [3.8, 4) is 0 Å². The Morgan fingerprint density at radius 2 is 1.86 bits per heavy atom. The third-order valence-corrected chi connectivity index (χ3v) is 4.08. The third-order valence-electron chi connectivity index (χ3n) is 3.18. The van der Waals surface area contributed by atoms with Gasteiger partial charge in [0, 0.05) is 28.9 Å². The minimum atomic E-state index is -1.46. The van der Waals surface area contributed by atoms with Gasteiger partial charge in [-0.3, -0.25) is 4.40 Å². The van der Waals surface area contributed by atoms with Gasteiger partial charge in [0.2, 0.25) is 0 Å². The van der Waals surface area contributed by atoms with Gasteiger partial charge in [-0.05, 0) is 13.8 Å². The van der Waals surface area contributed by atoms with Crippen LogP contribution in [-0.4, -0.2) is 9.38 Å². The molecule has 0 spiro atoms. The maximum atomic E-state index is 13.2. The van der Waals surface area contributed by atoms with Gasteiger partial charge >= 0.3 is 0 Å². The number of halogens is 3. The van der Waals surface area contributed by atoms with Gasteiger partial charge in [0.1, 0.15) is 0 Å². The second-order valence-electron chi connectivity index (χ2n) is 4.75. The molecule has 0 aliphatic heterocycles. The average Bonchev–Trinajstić information content (AvgIpc) is 2.89. The molecule has 0 fully saturated rings. The number of imidazole rings is 1. The zero-order valence-electron chi connectivity index (χ0n) is 11.4. The molecule has 3 nitrogen and oxygen atoms in total. The number of benzene rings is 1. The van der Waals surface area contributed by atoms with E-state index in [4.69, 9.17) is 0 Å². The van der Waals surface area contributed by atoms with Gasteiger partial charge in [-0.1, -0.05) is 0 Å². The molecule has 0 saturated carbocycles. The molecular weight excluding hydrogens is 299 g/mol. The van der Waals surface area contributed by atoms with Crippen molar-refractivity contribution >= 4 is 22.0 Å². The van der Waals surface area contributed by atoms with Gasteiger partial charge in [0.05, 0.1) is 17.9 Å². The highest BCUT2D eigenvalue weighted by molar-refractivity contribution is 7.17. The second kappa shape index (κ2) is 5.07. The van der Waals surface area contributed by atoms with Crippen LogP contribution in [0.5, 0.6) is 0 Å². The van der Waals surface area contributed by atoms with E-state index in [-0.39, 0.29) is 5.69 Å². The first-order chi connectivity index (χ1) is 9.95. The van der Waals surface area contributed by atoms with E-state index >= 15 is 0 Å². The monoisotopic (exact) mass is 311 g/mol. The van der Waals surface area contributed by atoms with E-state index in [1.807, 2.05) is 24.4 Å². The quantitative estimate of drug-likeness (QED) is 0.740. The van der Waals surface area contributed by atoms with E-state index < -0.39 is 17.5 Å². The van der Waals surface area contributed by atoms with E-state index in [2.05, 4.69) is 10.3 Å². The molecule has 0 radical (unpaired) electrons. The van der Waals surface area contributed by atoms with E-state index in [0.29, 0.717) is 6.54 Å². The number of rotatable bonds is 3. The molecule has 0 unspecified atom stereocenters. The van der Waals surface area contributed by atoms with Crippen LogP contribution >= 0.6 is 11.3 Å². The SMILES string of the molecule is Cc1cn2c(CNc3cc(F)c(F)c(F)c3)c(C)nc2s1. The Hall–Kier alpha value is -2.02. The van der Waals surface area contributed by atoms with E-state index in [9.17, 15) is 13.2 Å². The van der Waals surface area contributed by atoms with Gasteiger partial charge < -0.3 is 5.32 Å². The number of nitrogens with zero attached hydrogens (tertiary/aromatic N) is 2. The molecule has 0 atom stereocenters. The molecule has 0 amide bonds. The van der Waals surface area contributed by atoms with Crippen molar-refractivity contribution in [3.63, 3.8) is 0 Å². The summed E-state index contributed by atoms with van der Waals surface area (Å²) in [4.78, 5) is 6.42. The van der Waals surface area contributed by atoms with Crippen molar-refractivity contribution in [2.24, 2.45) is 0 Å². The van der Waals surface area contributed by atoms with Crippen LogP contribution in [-0.2, 0) is 6.54 Å². The normalized spacial score (nSPS) is 11.3. The molecule has 1 aromatic carbocycles. The van der Waals surface area contributed by atoms with Crippen LogP contribution in [0, 0.1) is 31.3 Å². The van der Waals surface area contributed by atoms with Crippen molar-refractivity contribution in [2.45, 2.75) is 20.4 Å². The van der Waals surface area contributed by atoms with E-state index in [1.165, 1.54) is 0 Å². The molecule has 2 aromatic heterocycles. The van der Waals surface area contributed by atoms with Crippen LogP contribution in [0.15, 0.2) is 18.3 Å². The molecule has 0 bridgehead atoms. The summed E-state index contributed by atoms with van der Waals surface area (Å²) in [6.07, 6.45) is 1.96. The van der Waals surface area contributed by atoms with Crippen molar-refractivity contribution in [2.75, 3.05) is 5.32 Å². The number of anilines is 1. The zero-order valence-corrected chi connectivity index (χ0v) is 12.2. The first-order valence-electron chi connectivity index (χ1n) is 6.28. The van der Waals surface area contributed by atoms with Gasteiger partial charge in [-0.15, -0.1) is 11.3 Å². The number of thiazole rings is 1. The second-order valence-corrected chi connectivity index (χ2v) is 5.96. The van der Waals surface area contributed by atoms with Crippen LogP contribution in [0.1, 0.15) is 16.3 Å². The fourth-order valence-electron chi connectivity index (χ4n) is 2.17. The molecular formula is C14H12F3N3S. The summed E-state index contributed by atoms with van der Waals surface area (Å²) < 4.78 is 41.2. The Morgan fingerprint density at radius 1 is 1.19 bits per heavy atom. The summed E-state index contributed by atoms with van der Waals surface area (Å²) >= 11 is 1.57. The topological polar surface area (TPSA) is 29.3 Å². The number of fused-ring (bicyclic) bond motifs is 1. The van der Waals surface area contributed by atoms with Crippen LogP contribution in [0.2, 0.25) is 0 Å². The first kappa shape index (κ1) is 13.9. The lowest BCUT2D eigenvalue weighted by Gasteiger charge is -2.07. The standard InChI is InChI=1S/C14H12F3N3S/c1-7-6-20-12(8(2)19-14(20)21-7)5-18-9-3-10(15)13(17)11(16)4-9/h3-4,6,18H,5H2,1-2H3. The average molecular weight is 311 g/mol. The van der Waals surface area contributed by atoms with Crippen LogP contribution in [0.25, 0.3) is 4.96 Å². The number of nitrogens with one attached hydrogen (secondary N) is 1. The van der Waals surface area contributed by atoms with Crippen molar-refractivity contribution in [1.29, 1.82) is 0 Å². The van der Waals surface area contributed by atoms with Gasteiger partial charge in [-0.25, -0.2) is 18.2 Å². The molecule has 7 heteroatoms. The number of hydrogen-bond donors (Lipinski definition) is 1. The molecule has 3 rings (SSSR count). The third kappa shape index (κ3) is 2.49. The van der Waals surface area contributed by atoms with E-state index in [1.54, 1.807) is 11.3 Å². The lowest BCUT2D eigenvalue weighted by atomic mass is 10.2. The fraction of sp³-hybridized carbons (Fsp3) is 0.214. The Morgan fingerprint density at radius 3 is 2.52 bits per heavy atom. The molecule has 110 valence electrons. The molecule has 0 aliphatic carbocycles. The minimum Gasteiger partial charge on any atom is -0.379 e. The zero-order chi connectivity index (χ0) is 15.1. The number of aryl methyl sites for hydroxylation is 2. The molecule has 0 aliphatic rings. The molecule has 1 N–H and O–H groups in total. The largest absolute Gasteiger partial charge is 0.379 e. The summed E-state index contributed by atoms with van der Waals surface area (Å²) in [6, 6.07) is 1.87. The lowest BCUT2D eigenvalue weighted by molar-refractivity contribution is 0.447. The van der Waals surface area contributed by atoms with Crippen molar-refractivity contribution in [3.05, 3.63) is 52.0 Å². The Labute approximate surface area is 123 Å². The van der Waals surface area contributed by atoms with Crippen molar-refractivity contribution < 1.29 is 13.2 Å². The van der Waals surface area contributed by atoms with Crippen LogP contribution < -0.4 is 5.32 Å². The molecule has 21 heavy (non-hydrogen) atoms. The predicted molar refractivity (Wildman–Crippen MR) is 76.2 cm³/mol. The highest BCUT2D eigenvalue weighted by atomic mass is 32.1. The van der Waals surface area contributed by atoms with Crippen LogP contribution in [0.3, 0.4) is 0 Å². The highest BCUT2D eigenvalue weighted by Gasteiger charge is 2.13. The summed E-state index contributed by atoms with van der Waals surface area (Å²) in [6.45, 7) is 4.20. The molecule has 3 aromatic rings. The highest BCUT2D eigenvalue weighted by Crippen LogP contribution is 2.22. The number of hydrogen-bond acceptors (Lipinski definition) is 3. The maximum Gasteiger partial charge on any atom is 0.194 e. The summed E-state index contributed by atoms with van der Waals surface area (Å²) in [5.74, 6) is -3.88. The Balaban J connectivity index is 1.88. The van der Waals surface area contributed by atoms with E-state index in [0.717, 1.165) is 33.4 Å². The maximum absolute atomic E-state index is 13.2. The fourth-order valence-corrected chi connectivity index (χ4v) is 3.06. The van der Waals surface area contributed by atoms with Gasteiger partial charge in [0.15, 0.2) is 22.4 Å². The Bertz CT molecular complexity index is 799. The van der Waals surface area contributed by atoms with Gasteiger partial charge in [-0.2, -0.15) is 0 Å². The molecule has 2 heterocycles. The Kier molecular flexibility index (Phi) is 3.36. The first-order valence-corrected chi connectivity index (χ1v) is 7.09. The summed E-state index contributed by atoms with van der Waals surface area (Å²) in [5.41, 5.74) is 1.93.